The third kappa shape index (κ3) is 2.38. The molecule has 0 aliphatic carbocycles. The molecule has 0 fully saturated rings. The maximum absolute atomic E-state index is 13.1. The fourth-order valence-electron chi connectivity index (χ4n) is 1.11. The van der Waals surface area contributed by atoms with Crippen LogP contribution in [0.15, 0.2) is 18.2 Å². The van der Waals surface area contributed by atoms with Gasteiger partial charge in [0.15, 0.2) is 5.78 Å². The third-order valence-corrected chi connectivity index (χ3v) is 2.21. The summed E-state index contributed by atoms with van der Waals surface area (Å²) >= 11 is 2.99. The maximum atomic E-state index is 13.1. The van der Waals surface area contributed by atoms with Crippen molar-refractivity contribution >= 4 is 27.4 Å². The van der Waals surface area contributed by atoms with Crippen LogP contribution in [-0.4, -0.2) is 15.5 Å². The molecule has 1 rings (SSSR count). The van der Waals surface area contributed by atoms with Gasteiger partial charge in [0.2, 0.25) is 5.82 Å². The molecule has 0 saturated heterocycles. The normalized spacial score (nSPS) is 12.2. The zero-order valence-electron chi connectivity index (χ0n) is 7.74. The highest BCUT2D eigenvalue weighted by Crippen LogP contribution is 2.24. The highest BCUT2D eigenvalue weighted by molar-refractivity contribution is 9.10. The Morgan fingerprint density at radius 1 is 1.60 bits per heavy atom. The molecule has 1 unspecified atom stereocenters. The Kier molecular flexibility index (Phi) is 3.52. The van der Waals surface area contributed by atoms with Crippen LogP contribution in [0.4, 0.5) is 10.1 Å². The molecule has 0 aliphatic rings. The van der Waals surface area contributed by atoms with E-state index in [-0.39, 0.29) is 5.56 Å². The maximum Gasteiger partial charge on any atom is 0.315 e. The number of ketones is 1. The molecule has 0 spiro atoms. The molecular weight excluding hydrogens is 269 g/mol. The van der Waals surface area contributed by atoms with Gasteiger partial charge in [0, 0.05) is 0 Å². The molecule has 0 aromatic heterocycles. The summed E-state index contributed by atoms with van der Waals surface area (Å²) in [4.78, 5) is 20.6. The summed E-state index contributed by atoms with van der Waals surface area (Å²) in [5.41, 5.74) is -0.988. The van der Waals surface area contributed by atoms with Crippen LogP contribution in [0.25, 0.3) is 0 Å². The minimum atomic E-state index is -1.00. The predicted octanol–water partition coefficient (Wildman–Crippen LogP) is 2.70. The van der Waals surface area contributed by atoms with Crippen LogP contribution in [0.3, 0.4) is 0 Å². The fourth-order valence-corrected chi connectivity index (χ4v) is 1.36. The Balaban J connectivity index is 3.35. The summed E-state index contributed by atoms with van der Waals surface area (Å²) in [6.45, 7) is 1.52. The number of carbonyl (C=O) groups excluding carboxylic acids is 1. The van der Waals surface area contributed by atoms with E-state index in [2.05, 4.69) is 15.9 Å². The standard InChI is InChI=1S/C9H7BrFNO3/c1-5(10)9(13)6-3-2-4-7(11)8(6)12(14)15/h2-5H,1H3. The van der Waals surface area contributed by atoms with Crippen LogP contribution < -0.4 is 0 Å². The van der Waals surface area contributed by atoms with E-state index >= 15 is 0 Å². The van der Waals surface area contributed by atoms with Crippen molar-refractivity contribution in [2.45, 2.75) is 11.8 Å². The van der Waals surface area contributed by atoms with Gasteiger partial charge in [-0.3, -0.25) is 14.9 Å². The Hall–Kier alpha value is -1.30. The number of halogens is 2. The first-order valence-electron chi connectivity index (χ1n) is 4.06. The van der Waals surface area contributed by atoms with Crippen LogP contribution in [0.2, 0.25) is 0 Å². The summed E-state index contributed by atoms with van der Waals surface area (Å²) < 4.78 is 13.1. The molecule has 1 atom stereocenters. The van der Waals surface area contributed by atoms with Crippen LogP contribution in [0.1, 0.15) is 17.3 Å². The SMILES string of the molecule is CC(Br)C(=O)c1cccc(F)c1[N+](=O)[O-]. The van der Waals surface area contributed by atoms with Gasteiger partial charge < -0.3 is 0 Å². The van der Waals surface area contributed by atoms with Crippen molar-refractivity contribution < 1.29 is 14.1 Å². The monoisotopic (exact) mass is 275 g/mol. The fraction of sp³-hybridized carbons (Fsp3) is 0.222. The van der Waals surface area contributed by atoms with Crippen molar-refractivity contribution in [1.29, 1.82) is 0 Å². The lowest BCUT2D eigenvalue weighted by molar-refractivity contribution is -0.387. The molecular formula is C9H7BrFNO3. The second kappa shape index (κ2) is 4.48. The van der Waals surface area contributed by atoms with Crippen molar-refractivity contribution in [2.24, 2.45) is 0 Å². The molecule has 80 valence electrons. The van der Waals surface area contributed by atoms with Crippen molar-refractivity contribution in [1.82, 2.24) is 0 Å². The third-order valence-electron chi connectivity index (χ3n) is 1.80. The van der Waals surface area contributed by atoms with E-state index in [1.807, 2.05) is 0 Å². The van der Waals surface area contributed by atoms with Crippen molar-refractivity contribution in [3.63, 3.8) is 0 Å². The highest BCUT2D eigenvalue weighted by Gasteiger charge is 2.26. The zero-order valence-corrected chi connectivity index (χ0v) is 9.32. The number of nitro benzene ring substituents is 1. The molecule has 6 heteroatoms. The van der Waals surface area contributed by atoms with Gasteiger partial charge in [0.1, 0.15) is 0 Å². The van der Waals surface area contributed by atoms with Crippen LogP contribution in [0.5, 0.6) is 0 Å². The number of nitro groups is 1. The lowest BCUT2D eigenvalue weighted by atomic mass is 10.1. The number of hydrogen-bond donors (Lipinski definition) is 0. The Labute approximate surface area is 93.4 Å². The molecule has 0 amide bonds. The Bertz CT molecular complexity index is 420. The summed E-state index contributed by atoms with van der Waals surface area (Å²) in [5, 5.41) is 10.6. The van der Waals surface area contributed by atoms with Gasteiger partial charge in [-0.25, -0.2) is 0 Å². The average molecular weight is 276 g/mol. The van der Waals surface area contributed by atoms with E-state index in [1.54, 1.807) is 0 Å². The number of Topliss-reactive ketones (excluding diaryl/α,β-unsaturated/α-hetero) is 1. The minimum Gasteiger partial charge on any atom is -0.293 e. The highest BCUT2D eigenvalue weighted by atomic mass is 79.9. The topological polar surface area (TPSA) is 60.2 Å². The number of nitrogens with zero attached hydrogens (tertiary/aromatic N) is 1. The summed E-state index contributed by atoms with van der Waals surface area (Å²) in [6.07, 6.45) is 0. The first-order valence-corrected chi connectivity index (χ1v) is 4.98. The van der Waals surface area contributed by atoms with Crippen molar-refractivity contribution in [3.8, 4) is 0 Å². The van der Waals surface area contributed by atoms with E-state index in [9.17, 15) is 19.3 Å². The van der Waals surface area contributed by atoms with Crippen molar-refractivity contribution in [2.75, 3.05) is 0 Å². The van der Waals surface area contributed by atoms with Gasteiger partial charge in [-0.05, 0) is 19.1 Å². The Morgan fingerprint density at radius 3 is 2.67 bits per heavy atom. The second-order valence-electron chi connectivity index (χ2n) is 2.87. The van der Waals surface area contributed by atoms with E-state index < -0.39 is 27.0 Å². The van der Waals surface area contributed by atoms with E-state index in [4.69, 9.17) is 0 Å². The zero-order chi connectivity index (χ0) is 11.6. The van der Waals surface area contributed by atoms with Crippen molar-refractivity contribution in [3.05, 3.63) is 39.7 Å². The van der Waals surface area contributed by atoms with Crippen LogP contribution >= 0.6 is 15.9 Å². The molecule has 0 bridgehead atoms. The smallest absolute Gasteiger partial charge is 0.293 e. The second-order valence-corrected chi connectivity index (χ2v) is 4.25. The predicted molar refractivity (Wildman–Crippen MR) is 55.8 cm³/mol. The Morgan fingerprint density at radius 2 is 2.20 bits per heavy atom. The van der Waals surface area contributed by atoms with Gasteiger partial charge in [0.05, 0.1) is 15.3 Å². The van der Waals surface area contributed by atoms with Gasteiger partial charge in [0.25, 0.3) is 0 Å². The van der Waals surface area contributed by atoms with E-state index in [0.717, 1.165) is 6.07 Å². The molecule has 4 nitrogen and oxygen atoms in total. The minimum absolute atomic E-state index is 0.218. The first-order chi connectivity index (χ1) is 6.95. The summed E-state index contributed by atoms with van der Waals surface area (Å²) in [5.74, 6) is -1.51. The molecule has 0 radical (unpaired) electrons. The summed E-state index contributed by atoms with van der Waals surface area (Å²) in [7, 11) is 0. The summed E-state index contributed by atoms with van der Waals surface area (Å²) in [6, 6.07) is 3.46. The van der Waals surface area contributed by atoms with Crippen LogP contribution in [-0.2, 0) is 0 Å². The van der Waals surface area contributed by atoms with Gasteiger partial charge >= 0.3 is 5.69 Å². The van der Waals surface area contributed by atoms with Gasteiger partial charge in [-0.15, -0.1) is 0 Å². The first kappa shape index (κ1) is 11.8. The average Bonchev–Trinajstić information content (AvgIpc) is 2.15. The quantitative estimate of drug-likeness (QED) is 0.369. The molecule has 15 heavy (non-hydrogen) atoms. The number of para-hydroxylation sites is 1. The molecule has 1 aromatic rings. The lowest BCUT2D eigenvalue weighted by Gasteiger charge is -2.03. The largest absolute Gasteiger partial charge is 0.315 e. The molecule has 0 N–H and O–H groups in total. The molecule has 1 aromatic carbocycles. The van der Waals surface area contributed by atoms with Gasteiger partial charge in [-0.1, -0.05) is 22.0 Å². The van der Waals surface area contributed by atoms with Gasteiger partial charge in [-0.2, -0.15) is 4.39 Å². The number of alkyl halides is 1. The number of carbonyl (C=O) groups is 1. The van der Waals surface area contributed by atoms with E-state index in [1.165, 1.54) is 19.1 Å². The van der Waals surface area contributed by atoms with E-state index in [0.29, 0.717) is 0 Å². The molecule has 0 heterocycles. The molecule has 0 aliphatic heterocycles. The number of hydrogen-bond acceptors (Lipinski definition) is 3. The number of benzene rings is 1. The van der Waals surface area contributed by atoms with Crippen LogP contribution in [0, 0.1) is 15.9 Å². The molecule has 0 saturated carbocycles. The number of rotatable bonds is 3. The lowest BCUT2D eigenvalue weighted by Crippen LogP contribution is -2.13.